The van der Waals surface area contributed by atoms with Gasteiger partial charge in [0.05, 0.1) is 0 Å². The van der Waals surface area contributed by atoms with E-state index in [2.05, 4.69) is 19.2 Å². The fourth-order valence-electron chi connectivity index (χ4n) is 1.96. The summed E-state index contributed by atoms with van der Waals surface area (Å²) in [6.07, 6.45) is 2.51. The van der Waals surface area contributed by atoms with Gasteiger partial charge in [-0.1, -0.05) is 0 Å². The molecular formula is C12H17FN2. The van der Waals surface area contributed by atoms with Gasteiger partial charge in [-0.25, -0.2) is 4.39 Å². The number of hydrogen-bond acceptors (Lipinski definition) is 2. The summed E-state index contributed by atoms with van der Waals surface area (Å²) in [6, 6.07) is 4.59. The van der Waals surface area contributed by atoms with Crippen molar-refractivity contribution in [1.29, 1.82) is 0 Å². The van der Waals surface area contributed by atoms with Gasteiger partial charge in [-0.15, -0.1) is 0 Å². The highest BCUT2D eigenvalue weighted by atomic mass is 19.1. The van der Waals surface area contributed by atoms with Gasteiger partial charge < -0.3 is 11.1 Å². The van der Waals surface area contributed by atoms with Crippen LogP contribution in [0.15, 0.2) is 18.2 Å². The summed E-state index contributed by atoms with van der Waals surface area (Å²) in [5.41, 5.74) is 6.85. The highest BCUT2D eigenvalue weighted by molar-refractivity contribution is 5.55. The van der Waals surface area contributed by atoms with Gasteiger partial charge in [0.1, 0.15) is 5.82 Å². The topological polar surface area (TPSA) is 38.0 Å². The van der Waals surface area contributed by atoms with Crippen molar-refractivity contribution in [2.75, 3.05) is 11.1 Å². The molecule has 0 amide bonds. The van der Waals surface area contributed by atoms with Crippen molar-refractivity contribution in [3.63, 3.8) is 0 Å². The fourth-order valence-corrected chi connectivity index (χ4v) is 1.96. The molecule has 0 aliphatic heterocycles. The summed E-state index contributed by atoms with van der Waals surface area (Å²) in [4.78, 5) is 0. The molecule has 1 aliphatic carbocycles. The van der Waals surface area contributed by atoms with E-state index in [1.807, 2.05) is 0 Å². The van der Waals surface area contributed by atoms with Crippen LogP contribution in [0.4, 0.5) is 15.8 Å². The molecule has 1 saturated carbocycles. The van der Waals surface area contributed by atoms with Crippen molar-refractivity contribution in [1.82, 2.24) is 0 Å². The SMILES string of the molecule is CC(C)(Nc1cc(N)cc(F)c1)C1CC1. The number of anilines is 2. The maximum Gasteiger partial charge on any atom is 0.127 e. The van der Waals surface area contributed by atoms with Crippen molar-refractivity contribution < 1.29 is 4.39 Å². The molecule has 1 aliphatic rings. The minimum absolute atomic E-state index is 0.0280. The third kappa shape index (κ3) is 2.41. The average molecular weight is 208 g/mol. The molecular weight excluding hydrogens is 191 g/mol. The summed E-state index contributed by atoms with van der Waals surface area (Å²) in [7, 11) is 0. The summed E-state index contributed by atoms with van der Waals surface area (Å²) in [5, 5.41) is 3.34. The van der Waals surface area contributed by atoms with Gasteiger partial charge in [-0.3, -0.25) is 0 Å². The quantitative estimate of drug-likeness (QED) is 0.749. The molecule has 2 nitrogen and oxygen atoms in total. The van der Waals surface area contributed by atoms with E-state index < -0.39 is 0 Å². The van der Waals surface area contributed by atoms with Gasteiger partial charge >= 0.3 is 0 Å². The molecule has 0 saturated heterocycles. The molecule has 0 radical (unpaired) electrons. The standard InChI is InChI=1S/C12H17FN2/c1-12(2,8-3-4-8)15-11-6-9(13)5-10(14)7-11/h5-8,15H,3-4,14H2,1-2H3. The second-order valence-electron chi connectivity index (χ2n) is 4.89. The Labute approximate surface area is 89.7 Å². The van der Waals surface area contributed by atoms with Crippen LogP contribution >= 0.6 is 0 Å². The van der Waals surface area contributed by atoms with E-state index in [1.54, 1.807) is 6.07 Å². The summed E-state index contributed by atoms with van der Waals surface area (Å²) in [5.74, 6) is 0.408. The Bertz CT molecular complexity index is 350. The predicted octanol–water partition coefficient (Wildman–Crippen LogP) is 3.01. The van der Waals surface area contributed by atoms with Crippen LogP contribution in [-0.4, -0.2) is 5.54 Å². The van der Waals surface area contributed by atoms with Crippen LogP contribution in [0.2, 0.25) is 0 Å². The number of rotatable bonds is 3. The first-order valence-corrected chi connectivity index (χ1v) is 5.31. The van der Waals surface area contributed by atoms with Crippen LogP contribution in [0.5, 0.6) is 0 Å². The zero-order valence-electron chi connectivity index (χ0n) is 9.18. The van der Waals surface area contributed by atoms with E-state index >= 15 is 0 Å². The number of benzene rings is 1. The number of nitrogens with two attached hydrogens (primary N) is 1. The lowest BCUT2D eigenvalue weighted by Gasteiger charge is -2.27. The van der Waals surface area contributed by atoms with Gasteiger partial charge in [0.2, 0.25) is 0 Å². The minimum atomic E-state index is -0.288. The van der Waals surface area contributed by atoms with E-state index in [9.17, 15) is 4.39 Å². The van der Waals surface area contributed by atoms with Gasteiger partial charge in [0, 0.05) is 16.9 Å². The van der Waals surface area contributed by atoms with E-state index in [4.69, 9.17) is 5.73 Å². The molecule has 0 spiro atoms. The van der Waals surface area contributed by atoms with Crippen LogP contribution in [0.3, 0.4) is 0 Å². The minimum Gasteiger partial charge on any atom is -0.399 e. The smallest absolute Gasteiger partial charge is 0.127 e. The molecule has 2 rings (SSSR count). The summed E-state index contributed by atoms with van der Waals surface area (Å²) >= 11 is 0. The Morgan fingerprint density at radius 3 is 2.53 bits per heavy atom. The van der Waals surface area contributed by atoms with Crippen molar-refractivity contribution in [2.45, 2.75) is 32.2 Å². The Balaban J connectivity index is 2.16. The van der Waals surface area contributed by atoms with E-state index in [-0.39, 0.29) is 11.4 Å². The highest BCUT2D eigenvalue weighted by Gasteiger charge is 2.37. The van der Waals surface area contributed by atoms with Crippen LogP contribution in [0, 0.1) is 11.7 Å². The van der Waals surface area contributed by atoms with E-state index in [1.165, 1.54) is 25.0 Å². The molecule has 0 unspecified atom stereocenters. The Hall–Kier alpha value is -1.25. The normalized spacial score (nSPS) is 16.5. The molecule has 1 aromatic carbocycles. The first kappa shape index (κ1) is 10.3. The van der Waals surface area contributed by atoms with Crippen LogP contribution in [0.25, 0.3) is 0 Å². The van der Waals surface area contributed by atoms with Crippen LogP contribution < -0.4 is 11.1 Å². The Morgan fingerprint density at radius 1 is 1.33 bits per heavy atom. The van der Waals surface area contributed by atoms with Crippen LogP contribution in [-0.2, 0) is 0 Å². The summed E-state index contributed by atoms with van der Waals surface area (Å²) in [6.45, 7) is 4.29. The third-order valence-electron chi connectivity index (χ3n) is 2.98. The van der Waals surface area contributed by atoms with Crippen LogP contribution in [0.1, 0.15) is 26.7 Å². The molecule has 15 heavy (non-hydrogen) atoms. The van der Waals surface area contributed by atoms with Gasteiger partial charge in [0.15, 0.2) is 0 Å². The Morgan fingerprint density at radius 2 is 2.00 bits per heavy atom. The largest absolute Gasteiger partial charge is 0.399 e. The number of nitrogen functional groups attached to an aromatic ring is 1. The predicted molar refractivity (Wildman–Crippen MR) is 61.2 cm³/mol. The number of hydrogen-bond donors (Lipinski definition) is 2. The molecule has 82 valence electrons. The van der Waals surface area contributed by atoms with Crippen molar-refractivity contribution in [2.24, 2.45) is 5.92 Å². The summed E-state index contributed by atoms with van der Waals surface area (Å²) < 4.78 is 13.1. The van der Waals surface area contributed by atoms with E-state index in [0.717, 1.165) is 5.69 Å². The molecule has 0 atom stereocenters. The number of nitrogens with one attached hydrogen (secondary N) is 1. The second-order valence-corrected chi connectivity index (χ2v) is 4.89. The molecule has 0 bridgehead atoms. The maximum atomic E-state index is 13.1. The highest BCUT2D eigenvalue weighted by Crippen LogP contribution is 2.41. The monoisotopic (exact) mass is 208 g/mol. The maximum absolute atomic E-state index is 13.1. The van der Waals surface area contributed by atoms with Crippen molar-refractivity contribution in [3.8, 4) is 0 Å². The first-order valence-electron chi connectivity index (χ1n) is 5.31. The molecule has 3 N–H and O–H groups in total. The average Bonchev–Trinajstić information content (AvgIpc) is 2.80. The zero-order valence-corrected chi connectivity index (χ0v) is 9.18. The zero-order chi connectivity index (χ0) is 11.1. The molecule has 0 heterocycles. The van der Waals surface area contributed by atoms with Gasteiger partial charge in [0.25, 0.3) is 0 Å². The Kier molecular flexibility index (Phi) is 2.33. The van der Waals surface area contributed by atoms with E-state index in [0.29, 0.717) is 11.6 Å². The lowest BCUT2D eigenvalue weighted by atomic mass is 9.98. The lowest BCUT2D eigenvalue weighted by Crippen LogP contribution is -2.33. The lowest BCUT2D eigenvalue weighted by molar-refractivity contribution is 0.494. The van der Waals surface area contributed by atoms with Gasteiger partial charge in [-0.2, -0.15) is 0 Å². The molecule has 1 aromatic rings. The fraction of sp³-hybridized carbons (Fsp3) is 0.500. The van der Waals surface area contributed by atoms with Crippen molar-refractivity contribution >= 4 is 11.4 Å². The first-order chi connectivity index (χ1) is 6.97. The van der Waals surface area contributed by atoms with Crippen molar-refractivity contribution in [3.05, 3.63) is 24.0 Å². The molecule has 1 fully saturated rings. The van der Waals surface area contributed by atoms with Gasteiger partial charge in [-0.05, 0) is 50.8 Å². The third-order valence-corrected chi connectivity index (χ3v) is 2.98. The molecule has 0 aromatic heterocycles. The second kappa shape index (κ2) is 3.40. The molecule has 3 heteroatoms. The number of halogens is 1.